The molecule has 2 atom stereocenters. The third-order valence-electron chi connectivity index (χ3n) is 2.90. The normalized spacial score (nSPS) is 15.2. The number of aldehydes is 1. The Balaban J connectivity index is 2.76. The second kappa shape index (κ2) is 6.26. The lowest BCUT2D eigenvalue weighted by atomic mass is 9.84. The quantitative estimate of drug-likeness (QED) is 0.684. The molecule has 0 N–H and O–H groups in total. The molecule has 0 fully saturated rings. The summed E-state index contributed by atoms with van der Waals surface area (Å²) in [4.78, 5) is 10.8. The Morgan fingerprint density at radius 1 is 1.06 bits per heavy atom. The van der Waals surface area contributed by atoms with E-state index in [9.17, 15) is 4.79 Å². The van der Waals surface area contributed by atoms with Crippen molar-refractivity contribution in [2.75, 3.05) is 0 Å². The van der Waals surface area contributed by atoms with E-state index in [1.54, 1.807) is 0 Å². The maximum Gasteiger partial charge on any atom is 0.123 e. The van der Waals surface area contributed by atoms with Gasteiger partial charge < -0.3 is 4.79 Å². The summed E-state index contributed by atoms with van der Waals surface area (Å²) in [5, 5.41) is 0. The van der Waals surface area contributed by atoms with Gasteiger partial charge in [-0.25, -0.2) is 0 Å². The van der Waals surface area contributed by atoms with E-state index in [0.717, 1.165) is 6.29 Å². The number of rotatable bonds is 5. The topological polar surface area (TPSA) is 17.1 Å². The molecule has 0 aliphatic rings. The van der Waals surface area contributed by atoms with Gasteiger partial charge in [-0.2, -0.15) is 0 Å². The van der Waals surface area contributed by atoms with E-state index in [4.69, 9.17) is 0 Å². The molecule has 0 unspecified atom stereocenters. The fourth-order valence-electron chi connectivity index (χ4n) is 1.88. The van der Waals surface area contributed by atoms with Crippen LogP contribution in [0.5, 0.6) is 0 Å². The van der Waals surface area contributed by atoms with Crippen LogP contribution in [0, 0.1) is 17.8 Å². The van der Waals surface area contributed by atoms with Gasteiger partial charge in [-0.15, -0.1) is 0 Å². The van der Waals surface area contributed by atoms with E-state index in [1.807, 2.05) is 25.1 Å². The lowest BCUT2D eigenvalue weighted by Crippen LogP contribution is -2.16. The molecule has 0 spiro atoms. The molecule has 1 rings (SSSR count). The minimum atomic E-state index is 0.0833. The van der Waals surface area contributed by atoms with Crippen molar-refractivity contribution in [1.29, 1.82) is 0 Å². The number of allylic oxidation sites excluding steroid dienone is 1. The zero-order valence-electron chi connectivity index (χ0n) is 10.3. The Bertz CT molecular complexity index is 338. The minimum Gasteiger partial charge on any atom is -0.303 e. The van der Waals surface area contributed by atoms with Gasteiger partial charge in [0.2, 0.25) is 0 Å². The second-order valence-corrected chi connectivity index (χ2v) is 4.59. The Morgan fingerprint density at radius 2 is 1.69 bits per heavy atom. The van der Waals surface area contributed by atoms with Crippen LogP contribution >= 0.6 is 0 Å². The highest BCUT2D eigenvalue weighted by Gasteiger charge is 2.16. The van der Waals surface area contributed by atoms with Crippen molar-refractivity contribution in [2.45, 2.75) is 20.8 Å². The third-order valence-corrected chi connectivity index (χ3v) is 2.90. The lowest BCUT2D eigenvalue weighted by molar-refractivity contribution is -0.111. The molecule has 0 radical (unpaired) electrons. The third kappa shape index (κ3) is 3.65. The van der Waals surface area contributed by atoms with E-state index >= 15 is 0 Å². The van der Waals surface area contributed by atoms with E-state index < -0.39 is 0 Å². The van der Waals surface area contributed by atoms with Crippen LogP contribution < -0.4 is 0 Å². The first-order valence-corrected chi connectivity index (χ1v) is 5.83. The predicted octanol–water partition coefficient (Wildman–Crippen LogP) is 3.81. The van der Waals surface area contributed by atoms with E-state index in [2.05, 4.69) is 38.1 Å². The fourth-order valence-corrected chi connectivity index (χ4v) is 1.88. The maximum absolute atomic E-state index is 10.8. The molecule has 0 saturated heterocycles. The van der Waals surface area contributed by atoms with E-state index in [-0.39, 0.29) is 5.92 Å². The smallest absolute Gasteiger partial charge is 0.123 e. The highest BCUT2D eigenvalue weighted by molar-refractivity contribution is 5.56. The van der Waals surface area contributed by atoms with Crippen molar-refractivity contribution in [1.82, 2.24) is 0 Å². The first-order valence-electron chi connectivity index (χ1n) is 5.83. The molecular weight excluding hydrogens is 196 g/mol. The Hall–Kier alpha value is -1.37. The summed E-state index contributed by atoms with van der Waals surface area (Å²) in [7, 11) is 0. The Labute approximate surface area is 98.2 Å². The second-order valence-electron chi connectivity index (χ2n) is 4.59. The first-order chi connectivity index (χ1) is 7.65. The summed E-state index contributed by atoms with van der Waals surface area (Å²) >= 11 is 0. The summed E-state index contributed by atoms with van der Waals surface area (Å²) in [6.45, 7) is 6.28. The standard InChI is InChI=1S/C15H20O/c1-12(2)15(13(3)11-16)10-9-14-7-5-4-6-8-14/h4-13,15H,1-3H3/b10-9+/t13-,15+/m1/s1. The molecule has 1 nitrogen and oxygen atoms in total. The van der Waals surface area contributed by atoms with Crippen molar-refractivity contribution in [3.8, 4) is 0 Å². The molecule has 1 aromatic rings. The molecule has 1 heteroatoms. The molecule has 0 aliphatic heterocycles. The summed E-state index contributed by atoms with van der Waals surface area (Å²) in [5.74, 6) is 0.887. The van der Waals surface area contributed by atoms with Gasteiger partial charge in [-0.05, 0) is 17.4 Å². The van der Waals surface area contributed by atoms with Crippen LogP contribution in [0.2, 0.25) is 0 Å². The number of carbonyl (C=O) groups excluding carboxylic acids is 1. The van der Waals surface area contributed by atoms with Gasteiger partial charge >= 0.3 is 0 Å². The van der Waals surface area contributed by atoms with Crippen LogP contribution in [0.4, 0.5) is 0 Å². The van der Waals surface area contributed by atoms with Crippen molar-refractivity contribution < 1.29 is 4.79 Å². The SMILES string of the molecule is CC(C)[C@H](/C=C/c1ccccc1)[C@H](C)C=O. The zero-order chi connectivity index (χ0) is 12.0. The van der Waals surface area contributed by atoms with Gasteiger partial charge in [0.05, 0.1) is 0 Å². The molecule has 0 amide bonds. The molecule has 0 heterocycles. The van der Waals surface area contributed by atoms with Gasteiger partial charge in [-0.3, -0.25) is 0 Å². The van der Waals surface area contributed by atoms with Gasteiger partial charge in [-0.1, -0.05) is 63.3 Å². The Kier molecular flexibility index (Phi) is 4.97. The average molecular weight is 216 g/mol. The fraction of sp³-hybridized carbons (Fsp3) is 0.400. The van der Waals surface area contributed by atoms with Crippen LogP contribution in [-0.2, 0) is 4.79 Å². The predicted molar refractivity (Wildman–Crippen MR) is 69.0 cm³/mol. The van der Waals surface area contributed by atoms with Crippen molar-refractivity contribution >= 4 is 12.4 Å². The van der Waals surface area contributed by atoms with Crippen LogP contribution in [0.3, 0.4) is 0 Å². The van der Waals surface area contributed by atoms with Crippen molar-refractivity contribution in [3.63, 3.8) is 0 Å². The van der Waals surface area contributed by atoms with Gasteiger partial charge in [0.1, 0.15) is 6.29 Å². The van der Waals surface area contributed by atoms with E-state index in [1.165, 1.54) is 5.56 Å². The summed E-state index contributed by atoms with van der Waals surface area (Å²) < 4.78 is 0. The van der Waals surface area contributed by atoms with Gasteiger partial charge in [0, 0.05) is 5.92 Å². The van der Waals surface area contributed by atoms with Crippen molar-refractivity contribution in [2.24, 2.45) is 17.8 Å². The van der Waals surface area contributed by atoms with Gasteiger partial charge in [0.15, 0.2) is 0 Å². The summed E-state index contributed by atoms with van der Waals surface area (Å²) in [6, 6.07) is 10.2. The maximum atomic E-state index is 10.8. The number of hydrogen-bond donors (Lipinski definition) is 0. The number of carbonyl (C=O) groups is 1. The monoisotopic (exact) mass is 216 g/mol. The van der Waals surface area contributed by atoms with Crippen LogP contribution in [0.25, 0.3) is 6.08 Å². The Morgan fingerprint density at radius 3 is 2.19 bits per heavy atom. The molecule has 0 aliphatic carbocycles. The lowest BCUT2D eigenvalue weighted by Gasteiger charge is -2.19. The van der Waals surface area contributed by atoms with Crippen molar-refractivity contribution in [3.05, 3.63) is 42.0 Å². The molecular formula is C15H20O. The highest BCUT2D eigenvalue weighted by Crippen LogP contribution is 2.22. The molecule has 16 heavy (non-hydrogen) atoms. The molecule has 1 aromatic carbocycles. The molecule has 0 bridgehead atoms. The molecule has 0 aromatic heterocycles. The summed E-state index contributed by atoms with van der Waals surface area (Å²) in [5.41, 5.74) is 1.19. The number of hydrogen-bond acceptors (Lipinski definition) is 1. The average Bonchev–Trinajstić information content (AvgIpc) is 2.30. The largest absolute Gasteiger partial charge is 0.303 e. The number of benzene rings is 1. The molecule has 86 valence electrons. The van der Waals surface area contributed by atoms with Crippen LogP contribution in [0.1, 0.15) is 26.3 Å². The highest BCUT2D eigenvalue weighted by atomic mass is 16.1. The van der Waals surface area contributed by atoms with Crippen LogP contribution in [-0.4, -0.2) is 6.29 Å². The zero-order valence-corrected chi connectivity index (χ0v) is 10.3. The minimum absolute atomic E-state index is 0.0833. The molecule has 0 saturated carbocycles. The summed E-state index contributed by atoms with van der Waals surface area (Å²) in [6.07, 6.45) is 5.30. The van der Waals surface area contributed by atoms with E-state index in [0.29, 0.717) is 11.8 Å². The van der Waals surface area contributed by atoms with Gasteiger partial charge in [0.25, 0.3) is 0 Å². The first kappa shape index (κ1) is 12.7. The van der Waals surface area contributed by atoms with Crippen LogP contribution in [0.15, 0.2) is 36.4 Å².